The summed E-state index contributed by atoms with van der Waals surface area (Å²) in [7, 11) is 1.71. The van der Waals surface area contributed by atoms with Crippen LogP contribution in [0, 0.1) is 5.92 Å². The van der Waals surface area contributed by atoms with E-state index < -0.39 is 0 Å². The van der Waals surface area contributed by atoms with Gasteiger partial charge in [0.2, 0.25) is 0 Å². The first kappa shape index (κ1) is 16.6. The molecule has 1 aromatic carbocycles. The first-order valence-electron chi connectivity index (χ1n) is 9.09. The van der Waals surface area contributed by atoms with Gasteiger partial charge in [-0.2, -0.15) is 0 Å². The Morgan fingerprint density at radius 1 is 1.17 bits per heavy atom. The first-order chi connectivity index (χ1) is 11.3. The van der Waals surface area contributed by atoms with Gasteiger partial charge in [-0.15, -0.1) is 0 Å². The number of hydrogen-bond donors (Lipinski definition) is 1. The van der Waals surface area contributed by atoms with Crippen LogP contribution in [0.4, 0.5) is 0 Å². The zero-order valence-electron chi connectivity index (χ0n) is 14.5. The van der Waals surface area contributed by atoms with E-state index >= 15 is 0 Å². The van der Waals surface area contributed by atoms with Crippen LogP contribution in [0.1, 0.15) is 44.2 Å². The lowest BCUT2D eigenvalue weighted by Crippen LogP contribution is -2.46. The predicted octanol–water partition coefficient (Wildman–Crippen LogP) is 3.23. The normalized spacial score (nSPS) is 21.3. The summed E-state index contributed by atoms with van der Waals surface area (Å²) in [6.07, 6.45) is 5.46. The van der Waals surface area contributed by atoms with E-state index in [1.807, 2.05) is 6.92 Å². The van der Waals surface area contributed by atoms with Crippen LogP contribution in [0.2, 0.25) is 0 Å². The lowest BCUT2D eigenvalue weighted by molar-refractivity contribution is 0.125. The van der Waals surface area contributed by atoms with Gasteiger partial charge in [-0.25, -0.2) is 0 Å². The van der Waals surface area contributed by atoms with Crippen LogP contribution >= 0.6 is 0 Å². The van der Waals surface area contributed by atoms with Gasteiger partial charge in [0.25, 0.3) is 0 Å². The van der Waals surface area contributed by atoms with Crippen molar-refractivity contribution in [1.82, 2.24) is 10.2 Å². The number of piperazine rings is 1. The van der Waals surface area contributed by atoms with Gasteiger partial charge in [0, 0.05) is 32.2 Å². The van der Waals surface area contributed by atoms with Crippen molar-refractivity contribution in [2.45, 2.75) is 38.6 Å². The Labute approximate surface area is 140 Å². The summed E-state index contributed by atoms with van der Waals surface area (Å²) in [5.41, 5.74) is 1.39. The Hall–Kier alpha value is -1.26. The molecule has 1 aliphatic heterocycles. The van der Waals surface area contributed by atoms with E-state index in [0.717, 1.165) is 43.6 Å². The summed E-state index contributed by atoms with van der Waals surface area (Å²) in [5, 5.41) is 3.48. The maximum absolute atomic E-state index is 5.81. The van der Waals surface area contributed by atoms with Gasteiger partial charge in [0.15, 0.2) is 11.5 Å². The zero-order chi connectivity index (χ0) is 16.1. The SMILES string of the molecule is CCOc1cc([C@H](C2CCCC2)N2CCNCC2)ccc1OC. The summed E-state index contributed by atoms with van der Waals surface area (Å²) < 4.78 is 11.3. The molecule has 2 aliphatic rings. The van der Waals surface area contributed by atoms with Crippen molar-refractivity contribution in [2.75, 3.05) is 39.9 Å². The lowest BCUT2D eigenvalue weighted by atomic mass is 9.89. The van der Waals surface area contributed by atoms with Crippen LogP contribution in [-0.2, 0) is 0 Å². The molecule has 3 rings (SSSR count). The first-order valence-corrected chi connectivity index (χ1v) is 9.09. The van der Waals surface area contributed by atoms with E-state index in [-0.39, 0.29) is 0 Å². The van der Waals surface area contributed by atoms with Crippen LogP contribution in [0.3, 0.4) is 0 Å². The van der Waals surface area contributed by atoms with E-state index in [4.69, 9.17) is 9.47 Å². The fourth-order valence-electron chi connectivity index (χ4n) is 4.16. The smallest absolute Gasteiger partial charge is 0.161 e. The third-order valence-electron chi connectivity index (χ3n) is 5.22. The summed E-state index contributed by atoms with van der Waals surface area (Å²) in [4.78, 5) is 2.67. The van der Waals surface area contributed by atoms with Crippen molar-refractivity contribution in [3.05, 3.63) is 23.8 Å². The molecule has 1 heterocycles. The summed E-state index contributed by atoms with van der Waals surface area (Å²) in [6.45, 7) is 7.15. The van der Waals surface area contributed by atoms with Gasteiger partial charge in [0.1, 0.15) is 0 Å². The number of nitrogens with one attached hydrogen (secondary N) is 1. The summed E-state index contributed by atoms with van der Waals surface area (Å²) >= 11 is 0. The molecule has 1 saturated carbocycles. The Balaban J connectivity index is 1.89. The minimum absolute atomic E-state index is 0.518. The largest absolute Gasteiger partial charge is 0.493 e. The molecule has 4 nitrogen and oxygen atoms in total. The van der Waals surface area contributed by atoms with Gasteiger partial charge < -0.3 is 14.8 Å². The van der Waals surface area contributed by atoms with Crippen molar-refractivity contribution in [3.8, 4) is 11.5 Å². The predicted molar refractivity (Wildman–Crippen MR) is 93.3 cm³/mol. The molecule has 0 spiro atoms. The Bertz CT molecular complexity index is 494. The number of benzene rings is 1. The molecule has 4 heteroatoms. The standard InChI is InChI=1S/C19H30N2O2/c1-3-23-18-14-16(8-9-17(18)22-2)19(15-6-4-5-7-15)21-12-10-20-11-13-21/h8-9,14-15,19-20H,3-7,10-13H2,1-2H3/t19-/m0/s1. The molecule has 0 radical (unpaired) electrons. The van der Waals surface area contributed by atoms with E-state index in [1.165, 1.54) is 31.2 Å². The maximum atomic E-state index is 5.81. The molecule has 128 valence electrons. The fourth-order valence-corrected chi connectivity index (χ4v) is 4.16. The summed E-state index contributed by atoms with van der Waals surface area (Å²) in [6, 6.07) is 7.05. The molecule has 1 aromatic rings. The van der Waals surface area contributed by atoms with Crippen LogP contribution < -0.4 is 14.8 Å². The average Bonchev–Trinajstić information content (AvgIpc) is 3.11. The number of ether oxygens (including phenoxy) is 2. The molecule has 1 N–H and O–H groups in total. The Morgan fingerprint density at radius 2 is 1.91 bits per heavy atom. The molecular weight excluding hydrogens is 288 g/mol. The third kappa shape index (κ3) is 3.81. The molecule has 0 amide bonds. The molecule has 0 bridgehead atoms. The Morgan fingerprint density at radius 3 is 2.57 bits per heavy atom. The van der Waals surface area contributed by atoms with Crippen molar-refractivity contribution in [2.24, 2.45) is 5.92 Å². The highest BCUT2D eigenvalue weighted by molar-refractivity contribution is 5.44. The lowest BCUT2D eigenvalue weighted by Gasteiger charge is -2.38. The van der Waals surface area contributed by atoms with Crippen LogP contribution in [0.15, 0.2) is 18.2 Å². The van der Waals surface area contributed by atoms with Gasteiger partial charge in [0.05, 0.1) is 13.7 Å². The minimum atomic E-state index is 0.518. The van der Waals surface area contributed by atoms with Gasteiger partial charge >= 0.3 is 0 Å². The van der Waals surface area contributed by atoms with Crippen molar-refractivity contribution in [3.63, 3.8) is 0 Å². The molecule has 1 atom stereocenters. The number of hydrogen-bond acceptors (Lipinski definition) is 4. The van der Waals surface area contributed by atoms with E-state index in [9.17, 15) is 0 Å². The van der Waals surface area contributed by atoms with Crippen molar-refractivity contribution >= 4 is 0 Å². The Kier molecular flexibility index (Phi) is 5.79. The molecule has 1 aliphatic carbocycles. The van der Waals surface area contributed by atoms with E-state index in [2.05, 4.69) is 28.4 Å². The quantitative estimate of drug-likeness (QED) is 0.873. The molecule has 2 fully saturated rings. The molecule has 1 saturated heterocycles. The third-order valence-corrected chi connectivity index (χ3v) is 5.22. The van der Waals surface area contributed by atoms with Crippen LogP contribution in [0.25, 0.3) is 0 Å². The van der Waals surface area contributed by atoms with Crippen molar-refractivity contribution in [1.29, 1.82) is 0 Å². The average molecular weight is 318 g/mol. The molecular formula is C19H30N2O2. The van der Waals surface area contributed by atoms with Gasteiger partial charge in [-0.05, 0) is 43.4 Å². The molecule has 0 aromatic heterocycles. The second-order valence-corrected chi connectivity index (χ2v) is 6.62. The molecule has 0 unspecified atom stereocenters. The number of nitrogens with zero attached hydrogens (tertiary/aromatic N) is 1. The highest BCUT2D eigenvalue weighted by Gasteiger charge is 2.32. The van der Waals surface area contributed by atoms with Crippen molar-refractivity contribution < 1.29 is 9.47 Å². The highest BCUT2D eigenvalue weighted by Crippen LogP contribution is 2.42. The monoisotopic (exact) mass is 318 g/mol. The highest BCUT2D eigenvalue weighted by atomic mass is 16.5. The van der Waals surface area contributed by atoms with E-state index in [1.54, 1.807) is 7.11 Å². The maximum Gasteiger partial charge on any atom is 0.161 e. The van der Waals surface area contributed by atoms with Gasteiger partial charge in [-0.1, -0.05) is 18.9 Å². The van der Waals surface area contributed by atoms with Gasteiger partial charge in [-0.3, -0.25) is 4.90 Å². The topological polar surface area (TPSA) is 33.7 Å². The van der Waals surface area contributed by atoms with Crippen LogP contribution in [-0.4, -0.2) is 44.8 Å². The second kappa shape index (κ2) is 8.02. The number of methoxy groups -OCH3 is 1. The zero-order valence-corrected chi connectivity index (χ0v) is 14.5. The summed E-state index contributed by atoms with van der Waals surface area (Å²) in [5.74, 6) is 2.49. The second-order valence-electron chi connectivity index (χ2n) is 6.62. The number of rotatable bonds is 6. The minimum Gasteiger partial charge on any atom is -0.493 e. The van der Waals surface area contributed by atoms with Crippen LogP contribution in [0.5, 0.6) is 11.5 Å². The molecule has 23 heavy (non-hydrogen) atoms. The van der Waals surface area contributed by atoms with E-state index in [0.29, 0.717) is 12.6 Å². The fraction of sp³-hybridized carbons (Fsp3) is 0.684.